The van der Waals surface area contributed by atoms with Crippen LogP contribution in [0.5, 0.6) is 0 Å². The lowest BCUT2D eigenvalue weighted by Crippen LogP contribution is -2.35. The number of hydrogen-bond acceptors (Lipinski definition) is 4. The maximum Gasteiger partial charge on any atom is 0.243 e. The summed E-state index contributed by atoms with van der Waals surface area (Å²) >= 11 is 0. The second-order valence-electron chi connectivity index (χ2n) is 5.69. The molecule has 2 heterocycles. The van der Waals surface area contributed by atoms with Crippen molar-refractivity contribution in [3.8, 4) is 11.1 Å². The van der Waals surface area contributed by atoms with Gasteiger partial charge in [0.1, 0.15) is 5.76 Å². The lowest BCUT2D eigenvalue weighted by atomic mass is 10.0. The molecule has 0 atom stereocenters. The standard InChI is InChI=1S/C16H20N2O3S/c1-12-16(13(2)21-17-12)14-6-8-15(9-7-14)22(19,20)18-10-4-3-5-11-18/h6-9H,3-5,10-11H2,1-2H3. The van der Waals surface area contributed by atoms with Gasteiger partial charge in [0, 0.05) is 18.7 Å². The Bertz CT molecular complexity index is 738. The number of hydrogen-bond donors (Lipinski definition) is 0. The van der Waals surface area contributed by atoms with Crippen LogP contribution in [0.4, 0.5) is 0 Å². The molecule has 0 aliphatic carbocycles. The molecule has 1 saturated heterocycles. The number of nitrogens with zero attached hydrogens (tertiary/aromatic N) is 2. The highest BCUT2D eigenvalue weighted by Gasteiger charge is 2.25. The van der Waals surface area contributed by atoms with Crippen LogP contribution in [-0.2, 0) is 10.0 Å². The van der Waals surface area contributed by atoms with Crippen molar-refractivity contribution in [2.75, 3.05) is 13.1 Å². The number of aromatic nitrogens is 1. The summed E-state index contributed by atoms with van der Waals surface area (Å²) in [6, 6.07) is 6.99. The monoisotopic (exact) mass is 320 g/mol. The van der Waals surface area contributed by atoms with Gasteiger partial charge in [-0.05, 0) is 44.4 Å². The van der Waals surface area contributed by atoms with Crippen molar-refractivity contribution in [2.24, 2.45) is 0 Å². The van der Waals surface area contributed by atoms with Crippen molar-refractivity contribution in [1.29, 1.82) is 0 Å². The maximum atomic E-state index is 12.6. The molecule has 0 unspecified atom stereocenters. The summed E-state index contributed by atoms with van der Waals surface area (Å²) in [5.41, 5.74) is 2.67. The summed E-state index contributed by atoms with van der Waals surface area (Å²) in [6.45, 7) is 4.97. The van der Waals surface area contributed by atoms with E-state index in [9.17, 15) is 8.42 Å². The van der Waals surface area contributed by atoms with E-state index in [-0.39, 0.29) is 0 Å². The quantitative estimate of drug-likeness (QED) is 0.871. The van der Waals surface area contributed by atoms with E-state index in [1.165, 1.54) is 0 Å². The fourth-order valence-corrected chi connectivity index (χ4v) is 4.46. The van der Waals surface area contributed by atoms with Crippen LogP contribution in [0.25, 0.3) is 11.1 Å². The Kier molecular flexibility index (Phi) is 4.06. The minimum absolute atomic E-state index is 0.352. The maximum absolute atomic E-state index is 12.6. The van der Waals surface area contributed by atoms with Crippen LogP contribution in [0, 0.1) is 13.8 Å². The van der Waals surface area contributed by atoms with Crippen LogP contribution in [0.3, 0.4) is 0 Å². The summed E-state index contributed by atoms with van der Waals surface area (Å²) in [5.74, 6) is 0.740. The minimum Gasteiger partial charge on any atom is -0.361 e. The Morgan fingerprint density at radius 3 is 2.23 bits per heavy atom. The van der Waals surface area contributed by atoms with Gasteiger partial charge in [-0.1, -0.05) is 23.7 Å². The molecule has 0 bridgehead atoms. The van der Waals surface area contributed by atoms with Crippen LogP contribution < -0.4 is 0 Å². The van der Waals surface area contributed by atoms with Crippen LogP contribution >= 0.6 is 0 Å². The molecule has 0 radical (unpaired) electrons. The number of benzene rings is 1. The molecule has 1 fully saturated rings. The van der Waals surface area contributed by atoms with Gasteiger partial charge in [0.05, 0.1) is 10.6 Å². The van der Waals surface area contributed by atoms with E-state index in [0.29, 0.717) is 18.0 Å². The number of piperidine rings is 1. The summed E-state index contributed by atoms with van der Waals surface area (Å²) in [6.07, 6.45) is 2.99. The summed E-state index contributed by atoms with van der Waals surface area (Å²) in [4.78, 5) is 0.352. The molecular weight excluding hydrogens is 300 g/mol. The Morgan fingerprint density at radius 2 is 1.68 bits per heavy atom. The predicted molar refractivity (Wildman–Crippen MR) is 84.0 cm³/mol. The lowest BCUT2D eigenvalue weighted by molar-refractivity contribution is 0.346. The van der Waals surface area contributed by atoms with Crippen molar-refractivity contribution < 1.29 is 12.9 Å². The summed E-state index contributed by atoms with van der Waals surface area (Å²) < 4.78 is 32.0. The van der Waals surface area contributed by atoms with Gasteiger partial charge in [-0.25, -0.2) is 8.42 Å². The zero-order valence-electron chi connectivity index (χ0n) is 12.9. The zero-order valence-corrected chi connectivity index (χ0v) is 13.7. The molecule has 118 valence electrons. The minimum atomic E-state index is -3.37. The van der Waals surface area contributed by atoms with Gasteiger partial charge in [0.15, 0.2) is 0 Å². The van der Waals surface area contributed by atoms with E-state index in [1.54, 1.807) is 16.4 Å². The van der Waals surface area contributed by atoms with Gasteiger partial charge in [0.25, 0.3) is 0 Å². The van der Waals surface area contributed by atoms with Gasteiger partial charge >= 0.3 is 0 Å². The predicted octanol–water partition coefficient (Wildman–Crippen LogP) is 3.13. The molecule has 2 aromatic rings. The first kappa shape index (κ1) is 15.2. The number of rotatable bonds is 3. The molecular formula is C16H20N2O3S. The third kappa shape index (κ3) is 2.68. The number of aryl methyl sites for hydroxylation is 2. The molecule has 1 aliphatic rings. The van der Waals surface area contributed by atoms with Gasteiger partial charge in [-0.3, -0.25) is 0 Å². The molecule has 1 aromatic heterocycles. The Hall–Kier alpha value is -1.66. The zero-order chi connectivity index (χ0) is 15.7. The lowest BCUT2D eigenvalue weighted by Gasteiger charge is -2.25. The fourth-order valence-electron chi connectivity index (χ4n) is 2.94. The first-order chi connectivity index (χ1) is 10.5. The molecule has 22 heavy (non-hydrogen) atoms. The van der Waals surface area contributed by atoms with E-state index < -0.39 is 10.0 Å². The van der Waals surface area contributed by atoms with Crippen molar-refractivity contribution in [3.05, 3.63) is 35.7 Å². The molecule has 0 spiro atoms. The molecule has 6 heteroatoms. The SMILES string of the molecule is Cc1noc(C)c1-c1ccc(S(=O)(=O)N2CCCCC2)cc1. The summed E-state index contributed by atoms with van der Waals surface area (Å²) in [7, 11) is -3.37. The van der Waals surface area contributed by atoms with Crippen molar-refractivity contribution in [1.82, 2.24) is 9.46 Å². The molecule has 3 rings (SSSR count). The molecule has 1 aromatic carbocycles. The largest absolute Gasteiger partial charge is 0.361 e. The molecule has 0 saturated carbocycles. The van der Waals surface area contributed by atoms with E-state index in [1.807, 2.05) is 26.0 Å². The van der Waals surface area contributed by atoms with Crippen molar-refractivity contribution in [2.45, 2.75) is 38.0 Å². The number of sulfonamides is 1. The third-order valence-corrected chi connectivity index (χ3v) is 6.04. The first-order valence-electron chi connectivity index (χ1n) is 7.53. The highest BCUT2D eigenvalue weighted by molar-refractivity contribution is 7.89. The van der Waals surface area contributed by atoms with Gasteiger partial charge in [-0.15, -0.1) is 0 Å². The van der Waals surface area contributed by atoms with E-state index >= 15 is 0 Å². The van der Waals surface area contributed by atoms with E-state index in [0.717, 1.165) is 41.8 Å². The highest BCUT2D eigenvalue weighted by Crippen LogP contribution is 2.28. The topological polar surface area (TPSA) is 63.4 Å². The molecule has 5 nitrogen and oxygen atoms in total. The van der Waals surface area contributed by atoms with Crippen LogP contribution in [-0.4, -0.2) is 31.0 Å². The van der Waals surface area contributed by atoms with E-state index in [4.69, 9.17) is 4.52 Å². The fraction of sp³-hybridized carbons (Fsp3) is 0.438. The second-order valence-corrected chi connectivity index (χ2v) is 7.63. The molecule has 1 aliphatic heterocycles. The van der Waals surface area contributed by atoms with Gasteiger partial charge in [0.2, 0.25) is 10.0 Å². The van der Waals surface area contributed by atoms with Gasteiger partial charge < -0.3 is 4.52 Å². The summed E-state index contributed by atoms with van der Waals surface area (Å²) in [5, 5.41) is 3.94. The Morgan fingerprint density at radius 1 is 1.05 bits per heavy atom. The van der Waals surface area contributed by atoms with Crippen LogP contribution in [0.1, 0.15) is 30.7 Å². The van der Waals surface area contributed by atoms with Crippen molar-refractivity contribution >= 4 is 10.0 Å². The average Bonchev–Trinajstić information content (AvgIpc) is 2.87. The van der Waals surface area contributed by atoms with Crippen LogP contribution in [0.15, 0.2) is 33.7 Å². The molecule has 0 amide bonds. The van der Waals surface area contributed by atoms with Gasteiger partial charge in [-0.2, -0.15) is 4.31 Å². The second kappa shape index (κ2) is 5.85. The van der Waals surface area contributed by atoms with Crippen LogP contribution in [0.2, 0.25) is 0 Å². The Balaban J connectivity index is 1.91. The third-order valence-electron chi connectivity index (χ3n) is 4.13. The van der Waals surface area contributed by atoms with E-state index in [2.05, 4.69) is 5.16 Å². The average molecular weight is 320 g/mol. The van der Waals surface area contributed by atoms with Crippen molar-refractivity contribution in [3.63, 3.8) is 0 Å². The molecule has 0 N–H and O–H groups in total. The highest BCUT2D eigenvalue weighted by atomic mass is 32.2. The Labute approximate surface area is 131 Å². The first-order valence-corrected chi connectivity index (χ1v) is 8.97. The normalized spacial score (nSPS) is 16.8. The smallest absolute Gasteiger partial charge is 0.243 e.